The fourth-order valence-electron chi connectivity index (χ4n) is 1.92. The molecule has 0 radical (unpaired) electrons. The molecule has 0 fully saturated rings. The molecular formula is C15H24N2O4S. The van der Waals surface area contributed by atoms with Crippen molar-refractivity contribution in [2.45, 2.75) is 43.7 Å². The van der Waals surface area contributed by atoms with Crippen LogP contribution in [0.2, 0.25) is 0 Å². The third kappa shape index (κ3) is 6.44. The number of sulfone groups is 1. The maximum absolute atomic E-state index is 11.7. The van der Waals surface area contributed by atoms with Crippen LogP contribution in [-0.4, -0.2) is 39.0 Å². The van der Waals surface area contributed by atoms with E-state index in [1.54, 1.807) is 45.0 Å². The van der Waals surface area contributed by atoms with Crippen LogP contribution in [0.15, 0.2) is 29.2 Å². The van der Waals surface area contributed by atoms with Gasteiger partial charge in [0.2, 0.25) is 0 Å². The van der Waals surface area contributed by atoms with Gasteiger partial charge in [0.15, 0.2) is 9.84 Å². The molecule has 0 bridgehead atoms. The van der Waals surface area contributed by atoms with Crippen molar-refractivity contribution in [2.24, 2.45) is 5.73 Å². The summed E-state index contributed by atoms with van der Waals surface area (Å²) in [6.45, 7) is 5.52. The number of hydrogen-bond acceptors (Lipinski definition) is 5. The number of amides is 1. The number of benzene rings is 1. The lowest BCUT2D eigenvalue weighted by Crippen LogP contribution is -2.41. The van der Waals surface area contributed by atoms with Gasteiger partial charge in [0.05, 0.1) is 4.90 Å². The lowest BCUT2D eigenvalue weighted by atomic mass is 10.1. The Hall–Kier alpha value is -1.60. The Morgan fingerprint density at radius 3 is 2.45 bits per heavy atom. The number of nitrogens with one attached hydrogen (secondary N) is 1. The molecule has 6 nitrogen and oxygen atoms in total. The van der Waals surface area contributed by atoms with E-state index >= 15 is 0 Å². The van der Waals surface area contributed by atoms with Crippen molar-refractivity contribution in [3.05, 3.63) is 29.8 Å². The van der Waals surface area contributed by atoms with Crippen LogP contribution in [0.1, 0.15) is 26.3 Å². The first-order valence-corrected chi connectivity index (χ1v) is 8.88. The van der Waals surface area contributed by atoms with Gasteiger partial charge in [0.25, 0.3) is 0 Å². The minimum Gasteiger partial charge on any atom is -0.444 e. The normalized spacial score (nSPS) is 13.5. The van der Waals surface area contributed by atoms with Gasteiger partial charge in [-0.3, -0.25) is 0 Å². The lowest BCUT2D eigenvalue weighted by Gasteiger charge is -2.21. The highest BCUT2D eigenvalue weighted by Crippen LogP contribution is 2.16. The number of ether oxygens (including phenoxy) is 1. The summed E-state index contributed by atoms with van der Waals surface area (Å²) in [5, 5.41) is 2.58. The van der Waals surface area contributed by atoms with Gasteiger partial charge < -0.3 is 15.8 Å². The van der Waals surface area contributed by atoms with E-state index in [4.69, 9.17) is 10.5 Å². The summed E-state index contributed by atoms with van der Waals surface area (Å²) >= 11 is 0. The average molecular weight is 328 g/mol. The third-order valence-electron chi connectivity index (χ3n) is 2.76. The molecule has 0 aliphatic rings. The van der Waals surface area contributed by atoms with Crippen LogP contribution >= 0.6 is 0 Å². The van der Waals surface area contributed by atoms with Gasteiger partial charge in [-0.15, -0.1) is 0 Å². The second kappa shape index (κ2) is 7.11. The SMILES string of the molecule is CC(C)(C)OC(=O)NCC(N)Cc1ccccc1S(C)(=O)=O. The summed E-state index contributed by atoms with van der Waals surface area (Å²) in [4.78, 5) is 11.8. The van der Waals surface area contributed by atoms with Crippen LogP contribution in [0.25, 0.3) is 0 Å². The van der Waals surface area contributed by atoms with Crippen LogP contribution in [0.5, 0.6) is 0 Å². The molecule has 7 heteroatoms. The molecule has 0 aliphatic heterocycles. The first-order valence-electron chi connectivity index (χ1n) is 6.99. The van der Waals surface area contributed by atoms with Crippen molar-refractivity contribution in [1.29, 1.82) is 0 Å². The molecular weight excluding hydrogens is 304 g/mol. The highest BCUT2D eigenvalue weighted by atomic mass is 32.2. The molecule has 1 amide bonds. The molecule has 1 unspecified atom stereocenters. The van der Waals surface area contributed by atoms with Gasteiger partial charge >= 0.3 is 6.09 Å². The molecule has 22 heavy (non-hydrogen) atoms. The molecule has 1 atom stereocenters. The van der Waals surface area contributed by atoms with Crippen LogP contribution in [0.4, 0.5) is 4.79 Å². The van der Waals surface area contributed by atoms with Gasteiger partial charge in [-0.05, 0) is 38.8 Å². The molecule has 124 valence electrons. The predicted molar refractivity (Wildman–Crippen MR) is 85.5 cm³/mol. The van der Waals surface area contributed by atoms with E-state index in [1.165, 1.54) is 0 Å². The molecule has 3 N–H and O–H groups in total. The van der Waals surface area contributed by atoms with Crippen molar-refractivity contribution >= 4 is 15.9 Å². The smallest absolute Gasteiger partial charge is 0.407 e. The molecule has 1 aromatic rings. The van der Waals surface area contributed by atoms with E-state index in [9.17, 15) is 13.2 Å². The van der Waals surface area contributed by atoms with Crippen molar-refractivity contribution < 1.29 is 17.9 Å². The first kappa shape index (κ1) is 18.4. The van der Waals surface area contributed by atoms with E-state index in [-0.39, 0.29) is 11.4 Å². The maximum Gasteiger partial charge on any atom is 0.407 e. The monoisotopic (exact) mass is 328 g/mol. The quantitative estimate of drug-likeness (QED) is 0.853. The fraction of sp³-hybridized carbons (Fsp3) is 0.533. The molecule has 0 aromatic heterocycles. The second-order valence-electron chi connectivity index (χ2n) is 6.23. The van der Waals surface area contributed by atoms with E-state index in [0.717, 1.165) is 6.26 Å². The van der Waals surface area contributed by atoms with Gasteiger partial charge in [-0.2, -0.15) is 0 Å². The third-order valence-corrected chi connectivity index (χ3v) is 3.96. The molecule has 0 aliphatic carbocycles. The van der Waals surface area contributed by atoms with Crippen LogP contribution < -0.4 is 11.1 Å². The zero-order valence-electron chi connectivity index (χ0n) is 13.4. The van der Waals surface area contributed by atoms with E-state index in [0.29, 0.717) is 12.0 Å². The zero-order chi connectivity index (χ0) is 17.0. The minimum absolute atomic E-state index is 0.201. The number of alkyl carbamates (subject to hydrolysis) is 1. The molecule has 0 spiro atoms. The zero-order valence-corrected chi connectivity index (χ0v) is 14.2. The largest absolute Gasteiger partial charge is 0.444 e. The standard InChI is InChI=1S/C15H24N2O4S/c1-15(2,3)21-14(18)17-10-12(16)9-11-7-5-6-8-13(11)22(4,19)20/h5-8,12H,9-10,16H2,1-4H3,(H,17,18). The Morgan fingerprint density at radius 1 is 1.32 bits per heavy atom. The predicted octanol–water partition coefficient (Wildman–Crippen LogP) is 1.48. The van der Waals surface area contributed by atoms with Gasteiger partial charge in [0, 0.05) is 18.8 Å². The highest BCUT2D eigenvalue weighted by molar-refractivity contribution is 7.90. The summed E-state index contributed by atoms with van der Waals surface area (Å²) in [6, 6.07) is 6.31. The molecule has 1 aromatic carbocycles. The number of carbonyl (C=O) groups is 1. The van der Waals surface area contributed by atoms with E-state index in [1.807, 2.05) is 0 Å². The fourth-order valence-corrected chi connectivity index (χ4v) is 2.87. The lowest BCUT2D eigenvalue weighted by molar-refractivity contribution is 0.0524. The van der Waals surface area contributed by atoms with Gasteiger partial charge in [-0.1, -0.05) is 18.2 Å². The van der Waals surface area contributed by atoms with Gasteiger partial charge in [-0.25, -0.2) is 13.2 Å². The van der Waals surface area contributed by atoms with Crippen LogP contribution in [0.3, 0.4) is 0 Å². The Balaban J connectivity index is 2.64. The maximum atomic E-state index is 11.7. The van der Waals surface area contributed by atoms with E-state index < -0.39 is 27.6 Å². The summed E-state index contributed by atoms with van der Waals surface area (Å²) in [5.41, 5.74) is 6.03. The highest BCUT2D eigenvalue weighted by Gasteiger charge is 2.18. The van der Waals surface area contributed by atoms with Crippen LogP contribution in [-0.2, 0) is 21.0 Å². The molecule has 0 saturated carbocycles. The topological polar surface area (TPSA) is 98.5 Å². The Kier molecular flexibility index (Phi) is 5.96. The van der Waals surface area contributed by atoms with Crippen molar-refractivity contribution in [2.75, 3.05) is 12.8 Å². The van der Waals surface area contributed by atoms with Crippen molar-refractivity contribution in [3.8, 4) is 0 Å². The van der Waals surface area contributed by atoms with E-state index in [2.05, 4.69) is 5.32 Å². The summed E-state index contributed by atoms with van der Waals surface area (Å²) in [6.07, 6.45) is 0.967. The number of hydrogen-bond donors (Lipinski definition) is 2. The van der Waals surface area contributed by atoms with Crippen molar-refractivity contribution in [1.82, 2.24) is 5.32 Å². The Bertz CT molecular complexity index is 621. The first-order chi connectivity index (χ1) is 9.99. The number of rotatable bonds is 5. The number of carbonyl (C=O) groups excluding carboxylic acids is 1. The Morgan fingerprint density at radius 2 is 1.91 bits per heavy atom. The van der Waals surface area contributed by atoms with Gasteiger partial charge in [0.1, 0.15) is 5.60 Å². The second-order valence-corrected chi connectivity index (χ2v) is 8.21. The molecule has 1 rings (SSSR count). The summed E-state index contributed by atoms with van der Waals surface area (Å²) in [7, 11) is -3.30. The van der Waals surface area contributed by atoms with Crippen LogP contribution in [0, 0.1) is 0 Å². The average Bonchev–Trinajstić information content (AvgIpc) is 2.34. The Labute approximate surface area is 132 Å². The number of nitrogens with two attached hydrogens (primary N) is 1. The van der Waals surface area contributed by atoms with Crippen molar-refractivity contribution in [3.63, 3.8) is 0 Å². The minimum atomic E-state index is -3.30. The summed E-state index contributed by atoms with van der Waals surface area (Å²) < 4.78 is 28.6. The molecule has 0 heterocycles. The molecule has 0 saturated heterocycles. The summed E-state index contributed by atoms with van der Waals surface area (Å²) in [5.74, 6) is 0.